The summed E-state index contributed by atoms with van der Waals surface area (Å²) in [5, 5.41) is 1.00. The van der Waals surface area contributed by atoms with Gasteiger partial charge in [0.05, 0.1) is 6.26 Å². The maximum absolute atomic E-state index is 13.2. The van der Waals surface area contributed by atoms with Crippen molar-refractivity contribution in [2.75, 3.05) is 0 Å². The summed E-state index contributed by atoms with van der Waals surface area (Å²) in [6, 6.07) is 10.2. The van der Waals surface area contributed by atoms with Crippen LogP contribution in [-0.2, 0) is 0 Å². The quantitative estimate of drug-likeness (QED) is 0.563. The van der Waals surface area contributed by atoms with E-state index in [9.17, 15) is 4.39 Å². The number of benzene rings is 1. The van der Waals surface area contributed by atoms with Crippen molar-refractivity contribution in [1.82, 2.24) is 5.43 Å². The van der Waals surface area contributed by atoms with Crippen molar-refractivity contribution in [1.29, 1.82) is 0 Å². The van der Waals surface area contributed by atoms with E-state index in [1.165, 1.54) is 23.5 Å². The van der Waals surface area contributed by atoms with Gasteiger partial charge in [0, 0.05) is 9.58 Å². The van der Waals surface area contributed by atoms with Gasteiger partial charge in [0.1, 0.15) is 17.6 Å². The third-order valence-electron chi connectivity index (χ3n) is 2.78. The van der Waals surface area contributed by atoms with E-state index in [1.54, 1.807) is 12.3 Å². The lowest BCUT2D eigenvalue weighted by atomic mass is 10.1. The topological polar surface area (TPSA) is 51.2 Å². The number of hydrazine groups is 1. The first kappa shape index (κ1) is 11.4. The van der Waals surface area contributed by atoms with Crippen LogP contribution in [0.5, 0.6) is 0 Å². The van der Waals surface area contributed by atoms with Crippen LogP contribution < -0.4 is 11.3 Å². The highest BCUT2D eigenvalue weighted by molar-refractivity contribution is 7.19. The van der Waals surface area contributed by atoms with Gasteiger partial charge in [-0.3, -0.25) is 5.84 Å². The summed E-state index contributed by atoms with van der Waals surface area (Å²) in [4.78, 5) is 0.994. The normalized spacial score (nSPS) is 13.0. The fourth-order valence-corrected chi connectivity index (χ4v) is 3.09. The first-order chi connectivity index (χ1) is 8.78. The van der Waals surface area contributed by atoms with E-state index in [0.717, 1.165) is 20.7 Å². The number of furan rings is 1. The summed E-state index contributed by atoms with van der Waals surface area (Å²) in [7, 11) is 0. The molecule has 18 heavy (non-hydrogen) atoms. The van der Waals surface area contributed by atoms with E-state index in [0.29, 0.717) is 0 Å². The lowest BCUT2D eigenvalue weighted by Crippen LogP contribution is -2.27. The summed E-state index contributed by atoms with van der Waals surface area (Å²) in [6.07, 6.45) is 1.60. The SMILES string of the molecule is NNC(c1ccco1)c1cc2ccc(F)cc2s1. The van der Waals surface area contributed by atoms with E-state index in [-0.39, 0.29) is 11.9 Å². The molecule has 3 aromatic rings. The fraction of sp³-hybridized carbons (Fsp3) is 0.0769. The van der Waals surface area contributed by atoms with Crippen LogP contribution in [0.2, 0.25) is 0 Å². The number of nitrogens with one attached hydrogen (secondary N) is 1. The molecule has 1 unspecified atom stereocenters. The molecule has 3 N–H and O–H groups in total. The number of rotatable bonds is 3. The molecule has 2 aromatic heterocycles. The molecule has 0 aliphatic carbocycles. The Morgan fingerprint density at radius 2 is 2.17 bits per heavy atom. The largest absolute Gasteiger partial charge is 0.467 e. The van der Waals surface area contributed by atoms with Crippen molar-refractivity contribution in [3.63, 3.8) is 0 Å². The predicted octanol–water partition coefficient (Wildman–Crippen LogP) is 3.19. The summed E-state index contributed by atoms with van der Waals surface area (Å²) in [6.45, 7) is 0. The molecule has 3 rings (SSSR count). The summed E-state index contributed by atoms with van der Waals surface area (Å²) in [5.74, 6) is 6.08. The lowest BCUT2D eigenvalue weighted by Gasteiger charge is -2.10. The highest BCUT2D eigenvalue weighted by atomic mass is 32.1. The Balaban J connectivity index is 2.07. The summed E-state index contributed by atoms with van der Waals surface area (Å²) >= 11 is 1.50. The molecule has 0 bridgehead atoms. The second-order valence-electron chi connectivity index (χ2n) is 3.95. The molecule has 0 saturated heterocycles. The lowest BCUT2D eigenvalue weighted by molar-refractivity contribution is 0.455. The molecule has 0 aliphatic rings. The molecule has 1 atom stereocenters. The average Bonchev–Trinajstić information content (AvgIpc) is 2.98. The van der Waals surface area contributed by atoms with Gasteiger partial charge in [-0.15, -0.1) is 11.3 Å². The predicted molar refractivity (Wildman–Crippen MR) is 69.7 cm³/mol. The maximum atomic E-state index is 13.2. The number of thiophene rings is 1. The Labute approximate surface area is 107 Å². The molecule has 92 valence electrons. The molecule has 3 nitrogen and oxygen atoms in total. The first-order valence-electron chi connectivity index (χ1n) is 5.46. The third-order valence-corrected chi connectivity index (χ3v) is 3.94. The van der Waals surface area contributed by atoms with E-state index in [4.69, 9.17) is 10.3 Å². The molecule has 0 amide bonds. The maximum Gasteiger partial charge on any atom is 0.127 e. The van der Waals surface area contributed by atoms with Crippen LogP contribution in [0.25, 0.3) is 10.1 Å². The summed E-state index contributed by atoms with van der Waals surface area (Å²) < 4.78 is 19.4. The smallest absolute Gasteiger partial charge is 0.127 e. The highest BCUT2D eigenvalue weighted by Crippen LogP contribution is 2.33. The Hall–Kier alpha value is -1.69. The van der Waals surface area contributed by atoms with E-state index >= 15 is 0 Å². The zero-order valence-electron chi connectivity index (χ0n) is 9.39. The number of hydrogen-bond donors (Lipinski definition) is 2. The van der Waals surface area contributed by atoms with Crippen LogP contribution in [0.3, 0.4) is 0 Å². The van der Waals surface area contributed by atoms with Crippen molar-refractivity contribution in [3.8, 4) is 0 Å². The number of hydrogen-bond acceptors (Lipinski definition) is 4. The van der Waals surface area contributed by atoms with Gasteiger partial charge in [0.25, 0.3) is 0 Å². The molecule has 0 saturated carbocycles. The minimum atomic E-state index is -0.230. The van der Waals surface area contributed by atoms with Crippen LogP contribution in [0.1, 0.15) is 16.7 Å². The first-order valence-corrected chi connectivity index (χ1v) is 6.28. The Morgan fingerprint density at radius 3 is 2.89 bits per heavy atom. The van der Waals surface area contributed by atoms with E-state index in [1.807, 2.05) is 18.2 Å². The Kier molecular flexibility index (Phi) is 2.87. The van der Waals surface area contributed by atoms with Crippen LogP contribution >= 0.6 is 11.3 Å². The van der Waals surface area contributed by atoms with Crippen molar-refractivity contribution in [3.05, 3.63) is 59.1 Å². The van der Waals surface area contributed by atoms with Crippen LogP contribution in [-0.4, -0.2) is 0 Å². The van der Waals surface area contributed by atoms with Gasteiger partial charge in [-0.2, -0.15) is 0 Å². The molecule has 0 spiro atoms. The monoisotopic (exact) mass is 262 g/mol. The second-order valence-corrected chi connectivity index (χ2v) is 5.06. The van der Waals surface area contributed by atoms with Gasteiger partial charge in [-0.1, -0.05) is 6.07 Å². The Morgan fingerprint density at radius 1 is 1.28 bits per heavy atom. The van der Waals surface area contributed by atoms with Crippen molar-refractivity contribution >= 4 is 21.4 Å². The zero-order chi connectivity index (χ0) is 12.5. The molecular weight excluding hydrogens is 251 g/mol. The molecule has 0 aliphatic heterocycles. The molecule has 5 heteroatoms. The van der Waals surface area contributed by atoms with Crippen molar-refractivity contribution < 1.29 is 8.81 Å². The Bertz CT molecular complexity index is 663. The molecule has 2 heterocycles. The van der Waals surface area contributed by atoms with Gasteiger partial charge >= 0.3 is 0 Å². The van der Waals surface area contributed by atoms with Crippen molar-refractivity contribution in [2.24, 2.45) is 5.84 Å². The standard InChI is InChI=1S/C13H11FN2OS/c14-9-4-3-8-6-12(18-11(8)7-9)13(16-15)10-2-1-5-17-10/h1-7,13,16H,15H2. The van der Waals surface area contributed by atoms with Gasteiger partial charge < -0.3 is 4.42 Å². The molecule has 0 radical (unpaired) electrons. The zero-order valence-corrected chi connectivity index (χ0v) is 10.2. The van der Waals surface area contributed by atoms with Gasteiger partial charge in [-0.25, -0.2) is 9.82 Å². The molecular formula is C13H11FN2OS. The van der Waals surface area contributed by atoms with E-state index in [2.05, 4.69) is 5.43 Å². The van der Waals surface area contributed by atoms with Crippen LogP contribution in [0, 0.1) is 5.82 Å². The molecule has 1 aromatic carbocycles. The number of halogens is 1. The van der Waals surface area contributed by atoms with Crippen molar-refractivity contribution in [2.45, 2.75) is 6.04 Å². The minimum absolute atomic E-state index is 0.208. The van der Waals surface area contributed by atoms with Crippen LogP contribution in [0.15, 0.2) is 47.1 Å². The molecule has 0 fully saturated rings. The van der Waals surface area contributed by atoms with Gasteiger partial charge in [0.15, 0.2) is 0 Å². The fourth-order valence-electron chi connectivity index (χ4n) is 1.93. The summed E-state index contributed by atoms with van der Waals surface area (Å²) in [5.41, 5.74) is 2.72. The third kappa shape index (κ3) is 1.92. The minimum Gasteiger partial charge on any atom is -0.467 e. The van der Waals surface area contributed by atoms with E-state index < -0.39 is 0 Å². The average molecular weight is 262 g/mol. The number of nitrogens with two attached hydrogens (primary N) is 1. The van der Waals surface area contributed by atoms with Gasteiger partial charge in [0.2, 0.25) is 0 Å². The second kappa shape index (κ2) is 4.53. The highest BCUT2D eigenvalue weighted by Gasteiger charge is 2.17. The number of fused-ring (bicyclic) bond motifs is 1. The van der Waals surface area contributed by atoms with Gasteiger partial charge in [-0.05, 0) is 35.7 Å². The van der Waals surface area contributed by atoms with Crippen LogP contribution in [0.4, 0.5) is 4.39 Å².